The molecule has 1 N–H and O–H groups in total. The summed E-state index contributed by atoms with van der Waals surface area (Å²) >= 11 is 1.49. The average Bonchev–Trinajstić information content (AvgIpc) is 2.88. The number of nitrogens with one attached hydrogen (secondary N) is 1. The van der Waals surface area contributed by atoms with Crippen LogP contribution in [0.4, 0.5) is 5.00 Å². The summed E-state index contributed by atoms with van der Waals surface area (Å²) in [6.07, 6.45) is 6.91. The molecule has 4 nitrogen and oxygen atoms in total. The zero-order valence-corrected chi connectivity index (χ0v) is 15.2. The summed E-state index contributed by atoms with van der Waals surface area (Å²) < 4.78 is 5.32. The molecule has 0 aliphatic heterocycles. The molecule has 1 aromatic heterocycles. The third kappa shape index (κ3) is 4.34. The van der Waals surface area contributed by atoms with Crippen LogP contribution in [0.5, 0.6) is 0 Å². The lowest BCUT2D eigenvalue weighted by Crippen LogP contribution is -2.25. The van der Waals surface area contributed by atoms with E-state index in [-0.39, 0.29) is 17.8 Å². The second kappa shape index (κ2) is 8.48. The first kappa shape index (κ1) is 18.0. The van der Waals surface area contributed by atoms with Crippen molar-refractivity contribution in [3.05, 3.63) is 16.0 Å². The Morgan fingerprint density at radius 2 is 1.91 bits per heavy atom. The molecule has 0 saturated heterocycles. The summed E-state index contributed by atoms with van der Waals surface area (Å²) in [6, 6.07) is 0. The maximum atomic E-state index is 12.5. The van der Waals surface area contributed by atoms with Crippen molar-refractivity contribution in [3.63, 3.8) is 0 Å². The quantitative estimate of drug-likeness (QED) is 0.765. The molecule has 1 aromatic rings. The van der Waals surface area contributed by atoms with Gasteiger partial charge in [0.25, 0.3) is 0 Å². The molecule has 5 heteroatoms. The van der Waals surface area contributed by atoms with Gasteiger partial charge in [-0.3, -0.25) is 4.79 Å². The Bertz CT molecular complexity index is 559. The number of carbonyl (C=O) groups excluding carboxylic acids is 2. The monoisotopic (exact) mass is 337 g/mol. The third-order valence-electron chi connectivity index (χ3n) is 4.42. The molecule has 0 bridgehead atoms. The van der Waals surface area contributed by atoms with Crippen molar-refractivity contribution in [2.24, 2.45) is 5.92 Å². The van der Waals surface area contributed by atoms with E-state index in [0.717, 1.165) is 49.0 Å². The molecule has 0 atom stereocenters. The van der Waals surface area contributed by atoms with Gasteiger partial charge in [-0.1, -0.05) is 33.1 Å². The number of aryl methyl sites for hydroxylation is 1. The minimum Gasteiger partial charge on any atom is -0.462 e. The Morgan fingerprint density at radius 3 is 2.52 bits per heavy atom. The number of ether oxygens (including phenoxy) is 1. The first-order valence-corrected chi connectivity index (χ1v) is 9.50. The zero-order chi connectivity index (χ0) is 16.8. The van der Waals surface area contributed by atoms with Gasteiger partial charge in [-0.05, 0) is 38.2 Å². The van der Waals surface area contributed by atoms with Crippen LogP contribution in [0.3, 0.4) is 0 Å². The normalized spacial score (nSPS) is 15.4. The highest BCUT2D eigenvalue weighted by molar-refractivity contribution is 7.16. The number of esters is 1. The average molecular weight is 337 g/mol. The lowest BCUT2D eigenvalue weighted by molar-refractivity contribution is -0.120. The Kier molecular flexibility index (Phi) is 6.63. The van der Waals surface area contributed by atoms with E-state index in [1.807, 2.05) is 20.8 Å². The van der Waals surface area contributed by atoms with Crippen LogP contribution >= 0.6 is 11.3 Å². The molecule has 0 radical (unpaired) electrons. The predicted octanol–water partition coefficient (Wildman–Crippen LogP) is 4.70. The van der Waals surface area contributed by atoms with E-state index >= 15 is 0 Å². The van der Waals surface area contributed by atoms with Crippen LogP contribution in [-0.4, -0.2) is 18.5 Å². The van der Waals surface area contributed by atoms with Gasteiger partial charge in [0, 0.05) is 10.8 Å². The summed E-state index contributed by atoms with van der Waals surface area (Å²) in [5, 5.41) is 3.67. The topological polar surface area (TPSA) is 55.4 Å². The van der Waals surface area contributed by atoms with Gasteiger partial charge in [-0.15, -0.1) is 11.3 Å². The van der Waals surface area contributed by atoms with E-state index < -0.39 is 0 Å². The summed E-state index contributed by atoms with van der Waals surface area (Å²) in [6.45, 7) is 6.40. The SMILES string of the molecule is CCCOC(=O)c1c(NC(=O)C2CCCCC2)sc(C)c1CC. The van der Waals surface area contributed by atoms with Crippen molar-refractivity contribution in [2.45, 2.75) is 65.7 Å². The number of thiophene rings is 1. The number of hydrogen-bond donors (Lipinski definition) is 1. The molecule has 23 heavy (non-hydrogen) atoms. The minimum absolute atomic E-state index is 0.0538. The van der Waals surface area contributed by atoms with Gasteiger partial charge in [0.2, 0.25) is 5.91 Å². The number of rotatable bonds is 6. The first-order valence-electron chi connectivity index (χ1n) is 8.68. The van der Waals surface area contributed by atoms with Gasteiger partial charge in [-0.25, -0.2) is 4.79 Å². The van der Waals surface area contributed by atoms with E-state index in [2.05, 4.69) is 5.32 Å². The summed E-state index contributed by atoms with van der Waals surface area (Å²) in [5.74, 6) is -0.180. The fourth-order valence-electron chi connectivity index (χ4n) is 3.15. The number of carbonyl (C=O) groups is 2. The van der Waals surface area contributed by atoms with E-state index in [1.165, 1.54) is 17.8 Å². The van der Waals surface area contributed by atoms with E-state index in [4.69, 9.17) is 4.74 Å². The molecule has 0 aromatic carbocycles. The van der Waals surface area contributed by atoms with Crippen molar-refractivity contribution >= 4 is 28.2 Å². The molecule has 1 amide bonds. The lowest BCUT2D eigenvalue weighted by Gasteiger charge is -2.20. The van der Waals surface area contributed by atoms with Gasteiger partial charge in [0.15, 0.2) is 0 Å². The fourth-order valence-corrected chi connectivity index (χ4v) is 4.29. The highest BCUT2D eigenvalue weighted by Gasteiger charge is 2.26. The second-order valence-electron chi connectivity index (χ2n) is 6.15. The van der Waals surface area contributed by atoms with Crippen molar-refractivity contribution in [1.29, 1.82) is 0 Å². The molecule has 1 aliphatic rings. The smallest absolute Gasteiger partial charge is 0.341 e. The van der Waals surface area contributed by atoms with Crippen LogP contribution in [0.2, 0.25) is 0 Å². The Hall–Kier alpha value is -1.36. The van der Waals surface area contributed by atoms with Gasteiger partial charge in [0.1, 0.15) is 5.00 Å². The van der Waals surface area contributed by atoms with Crippen molar-refractivity contribution in [3.8, 4) is 0 Å². The van der Waals surface area contributed by atoms with E-state index in [0.29, 0.717) is 17.2 Å². The van der Waals surface area contributed by atoms with Crippen molar-refractivity contribution in [2.75, 3.05) is 11.9 Å². The fraction of sp³-hybridized carbons (Fsp3) is 0.667. The maximum Gasteiger partial charge on any atom is 0.341 e. The highest BCUT2D eigenvalue weighted by atomic mass is 32.1. The third-order valence-corrected chi connectivity index (χ3v) is 5.48. The number of hydrogen-bond acceptors (Lipinski definition) is 4. The maximum absolute atomic E-state index is 12.5. The van der Waals surface area contributed by atoms with Crippen LogP contribution in [0.25, 0.3) is 0 Å². The molecular weight excluding hydrogens is 310 g/mol. The molecule has 1 aliphatic carbocycles. The molecule has 128 valence electrons. The Balaban J connectivity index is 2.19. The lowest BCUT2D eigenvalue weighted by atomic mass is 9.89. The largest absolute Gasteiger partial charge is 0.462 e. The van der Waals surface area contributed by atoms with Gasteiger partial charge in [0.05, 0.1) is 12.2 Å². The Morgan fingerprint density at radius 1 is 1.22 bits per heavy atom. The van der Waals surface area contributed by atoms with E-state index in [1.54, 1.807) is 0 Å². The number of amides is 1. The number of anilines is 1. The molecule has 0 spiro atoms. The molecular formula is C18H27NO3S. The van der Waals surface area contributed by atoms with Gasteiger partial charge < -0.3 is 10.1 Å². The second-order valence-corrected chi connectivity index (χ2v) is 7.38. The summed E-state index contributed by atoms with van der Waals surface area (Å²) in [5.41, 5.74) is 1.56. The van der Waals surface area contributed by atoms with Crippen LogP contribution < -0.4 is 5.32 Å². The molecule has 1 saturated carbocycles. The zero-order valence-electron chi connectivity index (χ0n) is 14.4. The van der Waals surface area contributed by atoms with Crippen LogP contribution in [0.15, 0.2) is 0 Å². The molecule has 0 unspecified atom stereocenters. The van der Waals surface area contributed by atoms with Crippen molar-refractivity contribution < 1.29 is 14.3 Å². The Labute approximate surface area is 142 Å². The first-order chi connectivity index (χ1) is 11.1. The standard InChI is InChI=1S/C18H27NO3S/c1-4-11-22-18(21)15-14(5-2)12(3)23-17(15)19-16(20)13-9-7-6-8-10-13/h13H,4-11H2,1-3H3,(H,19,20). The van der Waals surface area contributed by atoms with Gasteiger partial charge in [-0.2, -0.15) is 0 Å². The highest BCUT2D eigenvalue weighted by Crippen LogP contribution is 2.35. The van der Waals surface area contributed by atoms with Crippen LogP contribution in [-0.2, 0) is 16.0 Å². The van der Waals surface area contributed by atoms with Crippen LogP contribution in [0, 0.1) is 12.8 Å². The molecule has 1 heterocycles. The van der Waals surface area contributed by atoms with E-state index in [9.17, 15) is 9.59 Å². The van der Waals surface area contributed by atoms with Gasteiger partial charge >= 0.3 is 5.97 Å². The molecule has 1 fully saturated rings. The summed E-state index contributed by atoms with van der Waals surface area (Å²) in [7, 11) is 0. The van der Waals surface area contributed by atoms with Crippen molar-refractivity contribution in [1.82, 2.24) is 0 Å². The summed E-state index contributed by atoms with van der Waals surface area (Å²) in [4.78, 5) is 26.0. The minimum atomic E-state index is -0.313. The van der Waals surface area contributed by atoms with Crippen LogP contribution in [0.1, 0.15) is 73.2 Å². The predicted molar refractivity (Wildman–Crippen MR) is 94.2 cm³/mol. The molecule has 2 rings (SSSR count).